The molecule has 0 saturated carbocycles. The van der Waals surface area contributed by atoms with Crippen LogP contribution in [0.1, 0.15) is 0 Å². The van der Waals surface area contributed by atoms with Gasteiger partial charge in [0.2, 0.25) is 12.0 Å². The third kappa shape index (κ3) is 3.94. The number of ether oxygens (including phenoxy) is 2. The van der Waals surface area contributed by atoms with Crippen molar-refractivity contribution in [2.45, 2.75) is 30.7 Å². The highest BCUT2D eigenvalue weighted by Gasteiger charge is 2.45. The van der Waals surface area contributed by atoms with Gasteiger partial charge in [0.15, 0.2) is 0 Å². The van der Waals surface area contributed by atoms with Crippen molar-refractivity contribution in [3.05, 3.63) is 42.5 Å². The lowest BCUT2D eigenvalue weighted by Gasteiger charge is -2.39. The summed E-state index contributed by atoms with van der Waals surface area (Å²) in [5.74, 6) is -0.420. The van der Waals surface area contributed by atoms with Crippen LogP contribution in [0.15, 0.2) is 46.9 Å². The van der Waals surface area contributed by atoms with Gasteiger partial charge < -0.3 is 45.2 Å². The zero-order valence-corrected chi connectivity index (χ0v) is 16.0. The van der Waals surface area contributed by atoms with Gasteiger partial charge in [0.05, 0.1) is 18.2 Å². The van der Waals surface area contributed by atoms with Crippen molar-refractivity contribution < 1.29 is 49.6 Å². The van der Waals surface area contributed by atoms with E-state index in [-0.39, 0.29) is 39.7 Å². The summed E-state index contributed by atoms with van der Waals surface area (Å²) in [4.78, 5) is 0. The van der Waals surface area contributed by atoms with Crippen LogP contribution in [0.3, 0.4) is 0 Å². The monoisotopic (exact) mass is 433 g/mol. The van der Waals surface area contributed by atoms with Crippen LogP contribution in [0.2, 0.25) is 0 Å². The lowest BCUT2D eigenvalue weighted by molar-refractivity contribution is -0.277. The Morgan fingerprint density at radius 3 is 2.26 bits per heavy atom. The van der Waals surface area contributed by atoms with Crippen molar-refractivity contribution in [1.82, 2.24) is 0 Å². The lowest BCUT2D eigenvalue weighted by Crippen LogP contribution is -2.60. The highest BCUT2D eigenvalue weighted by molar-refractivity contribution is 5.88. The first-order chi connectivity index (χ1) is 14.8. The van der Waals surface area contributed by atoms with E-state index >= 15 is 0 Å². The third-order valence-corrected chi connectivity index (χ3v) is 5.04. The van der Waals surface area contributed by atoms with Crippen LogP contribution in [0, 0.1) is 0 Å². The maximum absolute atomic E-state index is 10.3. The minimum atomic E-state index is -1.66. The maximum Gasteiger partial charge on any atom is 0.402 e. The molecule has 1 unspecified atom stereocenters. The average molecular weight is 433 g/mol. The molecule has 31 heavy (non-hydrogen) atoms. The van der Waals surface area contributed by atoms with E-state index in [4.69, 9.17) is 13.9 Å². The first kappa shape index (κ1) is 21.1. The van der Waals surface area contributed by atoms with Crippen molar-refractivity contribution in [1.29, 1.82) is 0 Å². The summed E-state index contributed by atoms with van der Waals surface area (Å²) in [6.45, 7) is -0.627. The molecule has 0 aliphatic carbocycles. The van der Waals surface area contributed by atoms with Gasteiger partial charge in [0.1, 0.15) is 47.1 Å². The van der Waals surface area contributed by atoms with E-state index in [0.29, 0.717) is 5.56 Å². The topological polar surface area (TPSA) is 171 Å². The average Bonchev–Trinajstić information content (AvgIpc) is 2.74. The molecule has 1 aliphatic rings. The Kier molecular flexibility index (Phi) is 5.56. The summed E-state index contributed by atoms with van der Waals surface area (Å²) < 4.78 is 17.0. The van der Waals surface area contributed by atoms with Gasteiger partial charge >= 0.3 is 11.3 Å². The first-order valence-electron chi connectivity index (χ1n) is 9.38. The van der Waals surface area contributed by atoms with Gasteiger partial charge in [0.25, 0.3) is 0 Å². The van der Waals surface area contributed by atoms with Gasteiger partial charge in [-0.15, -0.1) is 0 Å². The number of fused-ring (bicyclic) bond motifs is 1. The van der Waals surface area contributed by atoms with Crippen molar-refractivity contribution >= 4 is 11.0 Å². The molecular weight excluding hydrogens is 412 g/mol. The van der Waals surface area contributed by atoms with Gasteiger partial charge in [-0.2, -0.15) is 0 Å². The van der Waals surface area contributed by atoms with Crippen molar-refractivity contribution in [2.75, 3.05) is 6.61 Å². The van der Waals surface area contributed by atoms with E-state index in [9.17, 15) is 35.7 Å². The Hall–Kier alpha value is -3.15. The zero-order valence-electron chi connectivity index (χ0n) is 16.0. The highest BCUT2D eigenvalue weighted by atomic mass is 16.7. The fraction of sp³-hybridized carbons (Fsp3) is 0.286. The summed E-state index contributed by atoms with van der Waals surface area (Å²) in [5, 5.41) is 69.4. The Morgan fingerprint density at radius 1 is 0.871 bits per heavy atom. The normalized spacial score (nSPS) is 26.1. The molecule has 10 heteroatoms. The van der Waals surface area contributed by atoms with E-state index < -0.39 is 37.3 Å². The molecule has 3 aromatic rings. The Bertz CT molecular complexity index is 1080. The standard InChI is InChI=1S/C21H20O10/c22-8-16-17(26)18(27)19(28)21(31-16)30-15-7-12-13(25)5-11(24)6-14(12)29-20(15)9-1-3-10(23)4-2-9/h1-7,16-19,21-22,26-28H,8H2,(H2-,23,24,25)/p+1/t16-,17+,18+,19-,21?/m1/s1. The van der Waals surface area contributed by atoms with Crippen molar-refractivity contribution in [2.24, 2.45) is 0 Å². The highest BCUT2D eigenvalue weighted by Crippen LogP contribution is 2.40. The fourth-order valence-electron chi connectivity index (χ4n) is 3.38. The van der Waals surface area contributed by atoms with E-state index in [1.165, 1.54) is 36.4 Å². The molecule has 1 saturated heterocycles. The Balaban J connectivity index is 1.81. The second-order valence-corrected chi connectivity index (χ2v) is 7.18. The molecule has 1 fully saturated rings. The first-order valence-corrected chi connectivity index (χ1v) is 9.38. The molecule has 0 amide bonds. The molecule has 4 rings (SSSR count). The lowest BCUT2D eigenvalue weighted by atomic mass is 9.99. The smallest absolute Gasteiger partial charge is 0.402 e. The molecule has 5 atom stereocenters. The Morgan fingerprint density at radius 2 is 1.58 bits per heavy atom. The number of aliphatic hydroxyl groups excluding tert-OH is 4. The van der Waals surface area contributed by atoms with Crippen LogP contribution in [-0.4, -0.2) is 73.1 Å². The van der Waals surface area contributed by atoms with Crippen LogP contribution in [-0.2, 0) is 4.74 Å². The molecule has 0 bridgehead atoms. The number of rotatable bonds is 4. The van der Waals surface area contributed by atoms with E-state index in [1.54, 1.807) is 0 Å². The summed E-state index contributed by atoms with van der Waals surface area (Å²) >= 11 is 0. The molecular formula is C21H21O10+. The second kappa shape index (κ2) is 8.17. The molecule has 0 radical (unpaired) electrons. The van der Waals surface area contributed by atoms with Crippen LogP contribution < -0.4 is 4.74 Å². The van der Waals surface area contributed by atoms with Crippen molar-refractivity contribution in [3.63, 3.8) is 0 Å². The largest absolute Gasteiger partial charge is 0.508 e. The SMILES string of the molecule is OC[C@H]1OC(Oc2cc3c(O)cc(O)cc3[o+]c2-c2ccc(O)cc2)[C@H](O)[C@@H](O)[C@H]1O. The molecule has 1 aromatic heterocycles. The van der Waals surface area contributed by atoms with Gasteiger partial charge in [-0.05, 0) is 24.3 Å². The number of benzene rings is 2. The fourth-order valence-corrected chi connectivity index (χ4v) is 3.38. The predicted octanol–water partition coefficient (Wildman–Crippen LogP) is 0.676. The number of aliphatic hydroxyl groups is 4. The molecule has 2 aromatic carbocycles. The van der Waals surface area contributed by atoms with Crippen LogP contribution in [0.5, 0.6) is 23.0 Å². The molecule has 2 heterocycles. The number of aromatic hydroxyl groups is 3. The molecule has 10 nitrogen and oxygen atoms in total. The summed E-state index contributed by atoms with van der Waals surface area (Å²) in [6.07, 6.45) is -7.52. The summed E-state index contributed by atoms with van der Waals surface area (Å²) in [7, 11) is 0. The van der Waals surface area contributed by atoms with E-state index in [2.05, 4.69) is 0 Å². The number of phenols is 3. The third-order valence-electron chi connectivity index (χ3n) is 5.04. The molecule has 0 spiro atoms. The van der Waals surface area contributed by atoms with Gasteiger partial charge in [-0.3, -0.25) is 0 Å². The minimum absolute atomic E-state index is 0.0104. The second-order valence-electron chi connectivity index (χ2n) is 7.18. The van der Waals surface area contributed by atoms with Crippen LogP contribution in [0.4, 0.5) is 0 Å². The number of hydrogen-bond acceptors (Lipinski definition) is 9. The van der Waals surface area contributed by atoms with E-state index in [0.717, 1.165) is 6.07 Å². The number of hydrogen-bond donors (Lipinski definition) is 7. The van der Waals surface area contributed by atoms with Crippen LogP contribution in [0.25, 0.3) is 22.3 Å². The molecule has 7 N–H and O–H groups in total. The molecule has 164 valence electrons. The molecule has 1 aliphatic heterocycles. The predicted molar refractivity (Wildman–Crippen MR) is 105 cm³/mol. The van der Waals surface area contributed by atoms with E-state index in [1.807, 2.05) is 0 Å². The van der Waals surface area contributed by atoms with Gasteiger partial charge in [-0.1, -0.05) is 0 Å². The summed E-state index contributed by atoms with van der Waals surface area (Å²) in [5.41, 5.74) is 0.573. The quantitative estimate of drug-likeness (QED) is 0.290. The van der Waals surface area contributed by atoms with Crippen molar-refractivity contribution in [3.8, 4) is 34.3 Å². The van der Waals surface area contributed by atoms with Crippen LogP contribution >= 0.6 is 0 Å². The zero-order chi connectivity index (χ0) is 22.3. The van der Waals surface area contributed by atoms with Gasteiger partial charge in [0, 0.05) is 12.1 Å². The Labute approximate surface area is 175 Å². The number of phenolic OH excluding ortho intramolecular Hbond substituents is 3. The van der Waals surface area contributed by atoms with Gasteiger partial charge in [-0.25, -0.2) is 4.42 Å². The maximum atomic E-state index is 10.3. The minimum Gasteiger partial charge on any atom is -0.508 e. The summed E-state index contributed by atoms with van der Waals surface area (Å²) in [6, 6.07) is 9.66.